The topological polar surface area (TPSA) is 116 Å². The van der Waals surface area contributed by atoms with Crippen molar-refractivity contribution in [1.82, 2.24) is 10.3 Å². The highest BCUT2D eigenvalue weighted by Crippen LogP contribution is 2.23. The van der Waals surface area contributed by atoms with Gasteiger partial charge in [-0.05, 0) is 30.5 Å². The van der Waals surface area contributed by atoms with E-state index in [1.54, 1.807) is 4.90 Å². The van der Waals surface area contributed by atoms with Crippen molar-refractivity contribution in [3.05, 3.63) is 29.8 Å². The van der Waals surface area contributed by atoms with Gasteiger partial charge in [0.15, 0.2) is 9.84 Å². The average molecular weight is 433 g/mol. The van der Waals surface area contributed by atoms with E-state index in [9.17, 15) is 22.8 Å². The van der Waals surface area contributed by atoms with E-state index in [1.807, 2.05) is 24.3 Å². The molecule has 30 heavy (non-hydrogen) atoms. The van der Waals surface area contributed by atoms with Crippen LogP contribution in [0.2, 0.25) is 0 Å². The normalized spacial score (nSPS) is 23.6. The summed E-state index contributed by atoms with van der Waals surface area (Å²) in [4.78, 5) is 38.5. The van der Waals surface area contributed by atoms with Crippen molar-refractivity contribution in [2.75, 3.05) is 23.0 Å². The minimum Gasteiger partial charge on any atom is -0.347 e. The Hall–Kier alpha value is -2.75. The summed E-state index contributed by atoms with van der Waals surface area (Å²) < 4.78 is 23.4. The zero-order chi connectivity index (χ0) is 21.3. The molecule has 1 N–H and O–H groups in total. The van der Waals surface area contributed by atoms with Crippen molar-refractivity contribution in [3.63, 3.8) is 0 Å². The van der Waals surface area contributed by atoms with E-state index in [4.69, 9.17) is 0 Å². The van der Waals surface area contributed by atoms with Gasteiger partial charge < -0.3 is 10.2 Å². The lowest BCUT2D eigenvalue weighted by molar-refractivity contribution is -0.133. The molecule has 4 rings (SSSR count). The minimum atomic E-state index is -3.16. The highest BCUT2D eigenvalue weighted by atomic mass is 32.2. The van der Waals surface area contributed by atoms with Crippen LogP contribution in [0.15, 0.2) is 29.4 Å². The zero-order valence-corrected chi connectivity index (χ0v) is 17.4. The fraction of sp³-hybridized carbons (Fsp3) is 0.500. The molecule has 2 fully saturated rings. The summed E-state index contributed by atoms with van der Waals surface area (Å²) in [5, 5.41) is 8.18. The van der Waals surface area contributed by atoms with Gasteiger partial charge in [-0.2, -0.15) is 5.10 Å². The van der Waals surface area contributed by atoms with Gasteiger partial charge in [0.25, 0.3) is 5.91 Å². The molecule has 3 aliphatic rings. The van der Waals surface area contributed by atoms with E-state index in [-0.39, 0.29) is 54.3 Å². The Bertz CT molecular complexity index is 1020. The number of rotatable bonds is 5. The van der Waals surface area contributed by atoms with Gasteiger partial charge in [-0.15, -0.1) is 0 Å². The number of hydrogen-bond donors (Lipinski definition) is 1. The average Bonchev–Trinajstić information content (AvgIpc) is 3.31. The van der Waals surface area contributed by atoms with Crippen molar-refractivity contribution in [3.8, 4) is 0 Å². The van der Waals surface area contributed by atoms with E-state index < -0.39 is 15.9 Å². The molecule has 0 radical (unpaired) electrons. The summed E-state index contributed by atoms with van der Waals surface area (Å²) >= 11 is 0. The van der Waals surface area contributed by atoms with E-state index >= 15 is 0 Å². The highest BCUT2D eigenvalue weighted by molar-refractivity contribution is 7.91. The first-order valence-electron chi connectivity index (χ1n) is 10.1. The summed E-state index contributed by atoms with van der Waals surface area (Å²) in [6.07, 6.45) is 2.10. The number of carbonyl (C=O) groups is 3. The summed E-state index contributed by atoms with van der Waals surface area (Å²) in [5.74, 6) is -0.605. The molecular weight excluding hydrogens is 408 g/mol. The van der Waals surface area contributed by atoms with Gasteiger partial charge in [0.2, 0.25) is 11.8 Å². The lowest BCUT2D eigenvalue weighted by atomic mass is 10.1. The molecule has 1 aromatic carbocycles. The van der Waals surface area contributed by atoms with Gasteiger partial charge in [-0.3, -0.25) is 14.4 Å². The lowest BCUT2D eigenvalue weighted by Crippen LogP contribution is -2.43. The molecule has 0 aromatic heterocycles. The van der Waals surface area contributed by atoms with Crippen LogP contribution in [0, 0.1) is 0 Å². The molecule has 1 aromatic rings. The van der Waals surface area contributed by atoms with Crippen LogP contribution in [0.3, 0.4) is 0 Å². The third kappa shape index (κ3) is 4.38. The number of hydrazone groups is 1. The molecule has 0 saturated carbocycles. The van der Waals surface area contributed by atoms with Crippen molar-refractivity contribution in [2.24, 2.45) is 5.10 Å². The third-order valence-corrected chi connectivity index (χ3v) is 7.38. The number of amides is 3. The molecule has 3 aliphatic heterocycles. The predicted octanol–water partition coefficient (Wildman–Crippen LogP) is 0.595. The van der Waals surface area contributed by atoms with Crippen molar-refractivity contribution in [2.45, 2.75) is 44.7 Å². The first kappa shape index (κ1) is 20.5. The zero-order valence-electron chi connectivity index (χ0n) is 16.5. The Morgan fingerprint density at radius 3 is 2.70 bits per heavy atom. The van der Waals surface area contributed by atoms with Crippen LogP contribution in [-0.2, 0) is 30.8 Å². The van der Waals surface area contributed by atoms with Gasteiger partial charge in [-0.25, -0.2) is 13.4 Å². The number of nitrogens with one attached hydrogen (secondary N) is 1. The third-order valence-electron chi connectivity index (χ3n) is 5.62. The number of nitrogens with zero attached hydrogens (tertiary/aromatic N) is 3. The van der Waals surface area contributed by atoms with Gasteiger partial charge >= 0.3 is 0 Å². The molecule has 0 aliphatic carbocycles. The van der Waals surface area contributed by atoms with Crippen LogP contribution in [0.5, 0.6) is 0 Å². The second-order valence-corrected chi connectivity index (χ2v) is 10.1. The van der Waals surface area contributed by atoms with E-state index in [0.29, 0.717) is 19.4 Å². The molecule has 3 heterocycles. The van der Waals surface area contributed by atoms with Gasteiger partial charge in [0.1, 0.15) is 5.71 Å². The molecule has 160 valence electrons. The van der Waals surface area contributed by atoms with E-state index in [0.717, 1.165) is 17.7 Å². The molecule has 0 bridgehead atoms. The molecule has 0 spiro atoms. The number of benzene rings is 1. The maximum Gasteiger partial charge on any atom is 0.267 e. The number of anilines is 1. The minimum absolute atomic E-state index is 0.0361. The number of hydrogen-bond acceptors (Lipinski definition) is 6. The van der Waals surface area contributed by atoms with Crippen molar-refractivity contribution in [1.29, 1.82) is 0 Å². The fourth-order valence-corrected chi connectivity index (χ4v) is 5.72. The standard InChI is InChI=1S/C20H24N4O5S/c25-18-5-2-9-23(18)15-4-1-3-14(11-15)12-21-20(27)17-6-7-19(26)24(22-17)16-8-10-30(28,29)13-16/h1,3-4,11,16H,2,5-10,12-13H2,(H,21,27). The summed E-state index contributed by atoms with van der Waals surface area (Å²) in [6.45, 7) is 0.964. The smallest absolute Gasteiger partial charge is 0.267 e. The molecular formula is C20H24N4O5S. The lowest BCUT2D eigenvalue weighted by Gasteiger charge is -2.27. The molecule has 3 amide bonds. The molecule has 1 atom stereocenters. The van der Waals surface area contributed by atoms with Crippen LogP contribution in [0.25, 0.3) is 0 Å². The molecule has 10 heteroatoms. The first-order chi connectivity index (χ1) is 14.3. The second kappa shape index (κ2) is 8.17. The monoisotopic (exact) mass is 432 g/mol. The SMILES string of the molecule is O=C(NCc1cccc(N2CCCC2=O)c1)C1=NN(C2CCS(=O)(=O)C2)C(=O)CC1. The number of carbonyl (C=O) groups excluding carboxylic acids is 3. The Morgan fingerprint density at radius 1 is 1.17 bits per heavy atom. The Balaban J connectivity index is 1.41. The predicted molar refractivity (Wildman–Crippen MR) is 110 cm³/mol. The van der Waals surface area contributed by atoms with E-state index in [1.165, 1.54) is 5.01 Å². The van der Waals surface area contributed by atoms with Gasteiger partial charge in [0.05, 0.1) is 17.5 Å². The summed E-state index contributed by atoms with van der Waals surface area (Å²) in [6, 6.07) is 6.97. The summed E-state index contributed by atoms with van der Waals surface area (Å²) in [7, 11) is -3.16. The van der Waals surface area contributed by atoms with Crippen LogP contribution < -0.4 is 10.2 Å². The van der Waals surface area contributed by atoms with Crippen LogP contribution in [0.4, 0.5) is 5.69 Å². The fourth-order valence-electron chi connectivity index (χ4n) is 4.03. The van der Waals surface area contributed by atoms with Crippen molar-refractivity contribution >= 4 is 39.0 Å². The van der Waals surface area contributed by atoms with E-state index in [2.05, 4.69) is 10.4 Å². The first-order valence-corrected chi connectivity index (χ1v) is 11.9. The van der Waals surface area contributed by atoms with Crippen molar-refractivity contribution < 1.29 is 22.8 Å². The number of sulfone groups is 1. The maximum absolute atomic E-state index is 12.6. The maximum atomic E-state index is 12.6. The quantitative estimate of drug-likeness (QED) is 0.731. The Labute approximate surface area is 175 Å². The van der Waals surface area contributed by atoms with Crippen LogP contribution >= 0.6 is 0 Å². The molecule has 9 nitrogen and oxygen atoms in total. The Kier molecular flexibility index (Phi) is 5.59. The molecule has 2 saturated heterocycles. The molecule has 1 unspecified atom stereocenters. The van der Waals surface area contributed by atoms with Crippen LogP contribution in [0.1, 0.15) is 37.7 Å². The summed E-state index contributed by atoms with van der Waals surface area (Å²) in [5.41, 5.74) is 1.90. The Morgan fingerprint density at radius 2 is 2.00 bits per heavy atom. The second-order valence-electron chi connectivity index (χ2n) is 7.84. The van der Waals surface area contributed by atoms with Crippen LogP contribution in [-0.4, -0.2) is 61.0 Å². The van der Waals surface area contributed by atoms with Gasteiger partial charge in [-0.1, -0.05) is 12.1 Å². The highest BCUT2D eigenvalue weighted by Gasteiger charge is 2.37. The van der Waals surface area contributed by atoms with Gasteiger partial charge in [0, 0.05) is 38.0 Å². The largest absolute Gasteiger partial charge is 0.347 e.